The lowest BCUT2D eigenvalue weighted by molar-refractivity contribution is -0.122. The number of carbonyl (C=O) groups is 1. The van der Waals surface area contributed by atoms with Gasteiger partial charge < -0.3 is 14.2 Å². The van der Waals surface area contributed by atoms with E-state index < -0.39 is 0 Å². The molecule has 0 aliphatic carbocycles. The third-order valence-corrected chi connectivity index (χ3v) is 6.22. The summed E-state index contributed by atoms with van der Waals surface area (Å²) in [7, 11) is 3.20. The minimum Gasteiger partial charge on any atom is -0.497 e. The maximum absolute atomic E-state index is 13.9. The summed E-state index contributed by atoms with van der Waals surface area (Å²) < 4.78 is 30.0. The first kappa shape index (κ1) is 24.5. The highest BCUT2D eigenvalue weighted by Gasteiger charge is 2.33. The van der Waals surface area contributed by atoms with Crippen molar-refractivity contribution < 1.29 is 23.4 Å². The van der Waals surface area contributed by atoms with E-state index in [4.69, 9.17) is 14.2 Å². The molecule has 180 valence electrons. The van der Waals surface area contributed by atoms with E-state index >= 15 is 0 Å². The Morgan fingerprint density at radius 2 is 1.80 bits per heavy atom. The van der Waals surface area contributed by atoms with E-state index in [0.717, 1.165) is 11.3 Å². The van der Waals surface area contributed by atoms with E-state index in [1.54, 1.807) is 49.5 Å². The number of halogens is 1. The molecule has 1 heterocycles. The summed E-state index contributed by atoms with van der Waals surface area (Å²) in [5.74, 6) is 0.870. The van der Waals surface area contributed by atoms with Crippen LogP contribution in [0.15, 0.2) is 82.7 Å². The molecule has 8 heteroatoms. The van der Waals surface area contributed by atoms with Crippen LogP contribution in [0.2, 0.25) is 0 Å². The Bertz CT molecular complexity index is 1240. The van der Waals surface area contributed by atoms with Crippen molar-refractivity contribution in [2.75, 3.05) is 27.4 Å². The summed E-state index contributed by atoms with van der Waals surface area (Å²) in [6.45, 7) is 0.894. The van der Waals surface area contributed by atoms with Gasteiger partial charge >= 0.3 is 0 Å². The molecule has 0 aromatic heterocycles. The van der Waals surface area contributed by atoms with Gasteiger partial charge in [0.05, 0.1) is 30.9 Å². The van der Waals surface area contributed by atoms with Crippen molar-refractivity contribution in [1.82, 2.24) is 4.90 Å². The minimum atomic E-state index is -0.307. The summed E-state index contributed by atoms with van der Waals surface area (Å²) in [5.41, 5.74) is 1.99. The Labute approximate surface area is 208 Å². The van der Waals surface area contributed by atoms with E-state index in [9.17, 15) is 9.18 Å². The Balaban J connectivity index is 1.54. The predicted molar refractivity (Wildman–Crippen MR) is 136 cm³/mol. The predicted octanol–water partition coefficient (Wildman–Crippen LogP) is 5.66. The number of hydrogen-bond acceptors (Lipinski definition) is 6. The zero-order valence-electron chi connectivity index (χ0n) is 19.4. The van der Waals surface area contributed by atoms with E-state index in [-0.39, 0.29) is 18.3 Å². The third kappa shape index (κ3) is 6.29. The number of thioether (sulfide) groups is 1. The van der Waals surface area contributed by atoms with Gasteiger partial charge in [-0.25, -0.2) is 9.38 Å². The van der Waals surface area contributed by atoms with E-state index in [1.165, 1.54) is 17.8 Å². The van der Waals surface area contributed by atoms with Gasteiger partial charge in [-0.3, -0.25) is 9.69 Å². The molecule has 1 fully saturated rings. The van der Waals surface area contributed by atoms with Gasteiger partial charge in [-0.15, -0.1) is 0 Å². The van der Waals surface area contributed by atoms with E-state index in [2.05, 4.69) is 4.99 Å². The highest BCUT2D eigenvalue weighted by atomic mass is 32.2. The number of amides is 1. The highest BCUT2D eigenvalue weighted by molar-refractivity contribution is 8.18. The fraction of sp³-hybridized carbons (Fsp3) is 0.185. The Hall–Kier alpha value is -3.62. The van der Waals surface area contributed by atoms with Crippen molar-refractivity contribution >= 4 is 34.6 Å². The molecule has 0 N–H and O–H groups in total. The fourth-order valence-corrected chi connectivity index (χ4v) is 4.38. The average Bonchev–Trinajstić information content (AvgIpc) is 3.16. The summed E-state index contributed by atoms with van der Waals surface area (Å²) >= 11 is 1.31. The summed E-state index contributed by atoms with van der Waals surface area (Å²) in [6.07, 6.45) is 1.80. The number of methoxy groups -OCH3 is 2. The molecule has 1 aliphatic rings. The number of carbonyl (C=O) groups excluding carboxylic acids is 1. The number of amidine groups is 1. The first-order valence-corrected chi connectivity index (χ1v) is 11.8. The maximum atomic E-state index is 13.9. The molecule has 1 saturated heterocycles. The second-order valence-electron chi connectivity index (χ2n) is 7.61. The smallest absolute Gasteiger partial charge is 0.266 e. The minimum absolute atomic E-state index is 0.115. The van der Waals surface area contributed by atoms with Crippen LogP contribution in [-0.2, 0) is 16.1 Å². The molecule has 1 amide bonds. The van der Waals surface area contributed by atoms with Gasteiger partial charge in [-0.05, 0) is 65.9 Å². The topological polar surface area (TPSA) is 60.4 Å². The van der Waals surface area contributed by atoms with Crippen molar-refractivity contribution in [3.8, 4) is 11.5 Å². The molecule has 35 heavy (non-hydrogen) atoms. The lowest BCUT2D eigenvalue weighted by Gasteiger charge is -2.14. The number of ether oxygens (including phenoxy) is 3. The van der Waals surface area contributed by atoms with Gasteiger partial charge in [0.1, 0.15) is 23.9 Å². The van der Waals surface area contributed by atoms with Crippen LogP contribution in [0.3, 0.4) is 0 Å². The Morgan fingerprint density at radius 1 is 1.00 bits per heavy atom. The molecule has 6 nitrogen and oxygen atoms in total. The van der Waals surface area contributed by atoms with Crippen molar-refractivity contribution in [3.05, 3.63) is 94.6 Å². The second-order valence-corrected chi connectivity index (χ2v) is 8.61. The quantitative estimate of drug-likeness (QED) is 0.361. The average molecular weight is 493 g/mol. The standard InChI is InChI=1S/C27H25FN2O4S/c1-32-15-14-30-26(31)25(35-27(30)29-21-10-12-22(33-2)13-11-21)17-19-6-5-8-23(16-19)34-18-20-7-3-4-9-24(20)28/h3-13,16-17H,14-15,18H2,1-2H3/b25-17-,29-27?. The lowest BCUT2D eigenvalue weighted by atomic mass is 10.2. The van der Waals surface area contributed by atoms with Crippen molar-refractivity contribution in [3.63, 3.8) is 0 Å². The normalized spacial score (nSPS) is 15.7. The molecule has 0 atom stereocenters. The van der Waals surface area contributed by atoms with Crippen LogP contribution in [0.1, 0.15) is 11.1 Å². The molecule has 3 aromatic rings. The van der Waals surface area contributed by atoms with Gasteiger partial charge in [0, 0.05) is 12.7 Å². The van der Waals surface area contributed by atoms with Crippen molar-refractivity contribution in [2.24, 2.45) is 4.99 Å². The molecule has 0 bridgehead atoms. The van der Waals surface area contributed by atoms with E-state index in [1.807, 2.05) is 42.5 Å². The second kappa shape index (κ2) is 11.7. The van der Waals surface area contributed by atoms with Crippen LogP contribution in [0, 0.1) is 5.82 Å². The molecule has 0 unspecified atom stereocenters. The van der Waals surface area contributed by atoms with Gasteiger partial charge in [-0.1, -0.05) is 30.3 Å². The Morgan fingerprint density at radius 3 is 2.54 bits per heavy atom. The van der Waals surface area contributed by atoms with Gasteiger partial charge in [0.15, 0.2) is 5.17 Å². The molecular weight excluding hydrogens is 467 g/mol. The molecule has 0 spiro atoms. The fourth-order valence-electron chi connectivity index (χ4n) is 3.36. The first-order chi connectivity index (χ1) is 17.1. The molecule has 0 radical (unpaired) electrons. The van der Waals surface area contributed by atoms with Gasteiger partial charge in [0.2, 0.25) is 0 Å². The van der Waals surface area contributed by atoms with Crippen LogP contribution in [0.5, 0.6) is 11.5 Å². The summed E-state index contributed by atoms with van der Waals surface area (Å²) in [5, 5.41) is 0.579. The summed E-state index contributed by atoms with van der Waals surface area (Å²) in [4.78, 5) is 20.0. The zero-order valence-corrected chi connectivity index (χ0v) is 20.3. The van der Waals surface area contributed by atoms with Crippen LogP contribution >= 0.6 is 11.8 Å². The monoisotopic (exact) mass is 492 g/mol. The van der Waals surface area contributed by atoms with Crippen molar-refractivity contribution in [2.45, 2.75) is 6.61 Å². The highest BCUT2D eigenvalue weighted by Crippen LogP contribution is 2.34. The molecule has 3 aromatic carbocycles. The molecule has 0 saturated carbocycles. The maximum Gasteiger partial charge on any atom is 0.266 e. The molecular formula is C27H25FN2O4S. The number of aliphatic imine (C=N–C) groups is 1. The number of rotatable bonds is 9. The number of nitrogens with zero attached hydrogens (tertiary/aromatic N) is 2. The zero-order chi connectivity index (χ0) is 24.6. The Kier molecular flexibility index (Phi) is 8.18. The number of benzene rings is 3. The van der Waals surface area contributed by atoms with Gasteiger partial charge in [-0.2, -0.15) is 0 Å². The van der Waals surface area contributed by atoms with E-state index in [0.29, 0.717) is 40.2 Å². The van der Waals surface area contributed by atoms with Crippen LogP contribution < -0.4 is 9.47 Å². The van der Waals surface area contributed by atoms with Gasteiger partial charge in [0.25, 0.3) is 5.91 Å². The van der Waals surface area contributed by atoms with Crippen molar-refractivity contribution in [1.29, 1.82) is 0 Å². The lowest BCUT2D eigenvalue weighted by Crippen LogP contribution is -2.32. The molecule has 1 aliphatic heterocycles. The van der Waals surface area contributed by atoms with Crippen LogP contribution in [0.25, 0.3) is 6.08 Å². The number of hydrogen-bond donors (Lipinski definition) is 0. The molecule has 4 rings (SSSR count). The third-order valence-electron chi connectivity index (χ3n) is 5.21. The largest absolute Gasteiger partial charge is 0.497 e. The SMILES string of the molecule is COCCN1C(=O)/C(=C/c2cccc(OCc3ccccc3F)c2)SC1=Nc1ccc(OC)cc1. The van der Waals surface area contributed by atoms with Crippen LogP contribution in [-0.4, -0.2) is 43.3 Å². The van der Waals surface area contributed by atoms with Crippen LogP contribution in [0.4, 0.5) is 10.1 Å². The summed E-state index contributed by atoms with van der Waals surface area (Å²) in [6, 6.07) is 21.2. The first-order valence-electron chi connectivity index (χ1n) is 11.0.